The molecule has 1 aromatic rings. The van der Waals surface area contributed by atoms with Crippen LogP contribution in [0.5, 0.6) is 0 Å². The van der Waals surface area contributed by atoms with Crippen LogP contribution in [0.1, 0.15) is 11.5 Å². The minimum absolute atomic E-state index is 0.222. The number of alkyl halides is 3. The third-order valence-corrected chi connectivity index (χ3v) is 3.19. The number of methoxy groups -OCH3 is 1. The van der Waals surface area contributed by atoms with Crippen molar-refractivity contribution < 1.29 is 22.6 Å². The number of halogens is 4. The first-order valence-corrected chi connectivity index (χ1v) is 5.94. The first kappa shape index (κ1) is 15.5. The summed E-state index contributed by atoms with van der Waals surface area (Å²) in [5.41, 5.74) is 0.600. The number of hydrogen-bond acceptors (Lipinski definition) is 4. The molecule has 0 spiro atoms. The second-order valence-corrected chi connectivity index (χ2v) is 4.50. The van der Waals surface area contributed by atoms with E-state index >= 15 is 0 Å². The number of hydrogen-bond donors (Lipinski definition) is 1. The van der Waals surface area contributed by atoms with Crippen molar-refractivity contribution >= 4 is 28.1 Å². The highest BCUT2D eigenvalue weighted by atomic mass is 79.9. The SMILES string of the molecule is COCc1[nH]c(COCC(F)(F)F)nc(=S)c1Br. The van der Waals surface area contributed by atoms with Gasteiger partial charge in [-0.25, -0.2) is 4.98 Å². The molecule has 0 amide bonds. The molecular formula is C9H10BrF3N2O2S. The summed E-state index contributed by atoms with van der Waals surface area (Å²) in [6, 6.07) is 0. The summed E-state index contributed by atoms with van der Waals surface area (Å²) in [5, 5.41) is 0. The Labute approximate surface area is 115 Å². The van der Waals surface area contributed by atoms with E-state index in [9.17, 15) is 13.2 Å². The third-order valence-electron chi connectivity index (χ3n) is 1.78. The van der Waals surface area contributed by atoms with Gasteiger partial charge >= 0.3 is 6.18 Å². The number of H-pyrrole nitrogens is 1. The van der Waals surface area contributed by atoms with Crippen LogP contribution >= 0.6 is 28.1 Å². The predicted molar refractivity (Wildman–Crippen MR) is 63.5 cm³/mol. The quantitative estimate of drug-likeness (QED) is 0.832. The number of aromatic amines is 1. The molecule has 0 saturated carbocycles. The highest BCUT2D eigenvalue weighted by Crippen LogP contribution is 2.18. The smallest absolute Gasteiger partial charge is 0.378 e. The van der Waals surface area contributed by atoms with Gasteiger partial charge in [-0.3, -0.25) is 0 Å². The van der Waals surface area contributed by atoms with E-state index in [-0.39, 0.29) is 23.7 Å². The Morgan fingerprint density at radius 2 is 2.06 bits per heavy atom. The van der Waals surface area contributed by atoms with Gasteiger partial charge in [0.2, 0.25) is 0 Å². The van der Waals surface area contributed by atoms with Gasteiger partial charge in [-0.15, -0.1) is 0 Å². The van der Waals surface area contributed by atoms with Crippen LogP contribution in [0.2, 0.25) is 0 Å². The third kappa shape index (κ3) is 5.01. The lowest BCUT2D eigenvalue weighted by atomic mass is 10.4. The van der Waals surface area contributed by atoms with Crippen LogP contribution in [0.3, 0.4) is 0 Å². The van der Waals surface area contributed by atoms with Crippen molar-refractivity contribution in [3.05, 3.63) is 20.6 Å². The summed E-state index contributed by atoms with van der Waals surface area (Å²) in [5.74, 6) is 0.222. The van der Waals surface area contributed by atoms with Gasteiger partial charge in [-0.2, -0.15) is 13.2 Å². The van der Waals surface area contributed by atoms with Gasteiger partial charge < -0.3 is 14.5 Å². The first-order chi connectivity index (χ1) is 8.33. The summed E-state index contributed by atoms with van der Waals surface area (Å²) in [7, 11) is 1.49. The maximum Gasteiger partial charge on any atom is 0.411 e. The van der Waals surface area contributed by atoms with Gasteiger partial charge in [0.1, 0.15) is 23.7 Å². The Hall–Kier alpha value is -0.510. The van der Waals surface area contributed by atoms with E-state index in [4.69, 9.17) is 17.0 Å². The maximum absolute atomic E-state index is 11.9. The summed E-state index contributed by atoms with van der Waals surface area (Å²) in [4.78, 5) is 6.70. The fourth-order valence-electron chi connectivity index (χ4n) is 1.13. The van der Waals surface area contributed by atoms with E-state index in [1.165, 1.54) is 7.11 Å². The number of nitrogens with zero attached hydrogens (tertiary/aromatic N) is 1. The fraction of sp³-hybridized carbons (Fsp3) is 0.556. The lowest BCUT2D eigenvalue weighted by Crippen LogP contribution is -2.17. The summed E-state index contributed by atoms with van der Waals surface area (Å²) in [6.45, 7) is -1.39. The van der Waals surface area contributed by atoms with E-state index in [0.717, 1.165) is 0 Å². The predicted octanol–water partition coefficient (Wildman–Crippen LogP) is 3.13. The molecule has 0 saturated heterocycles. The molecule has 4 nitrogen and oxygen atoms in total. The van der Waals surface area contributed by atoms with E-state index in [1.54, 1.807) is 0 Å². The van der Waals surface area contributed by atoms with Gasteiger partial charge in [-0.05, 0) is 15.9 Å². The molecule has 0 bridgehead atoms. The molecule has 1 N–H and O–H groups in total. The van der Waals surface area contributed by atoms with Crippen LogP contribution < -0.4 is 0 Å². The second kappa shape index (κ2) is 6.60. The Morgan fingerprint density at radius 1 is 1.39 bits per heavy atom. The Kier molecular flexibility index (Phi) is 5.70. The minimum Gasteiger partial charge on any atom is -0.378 e. The molecule has 0 aromatic carbocycles. The first-order valence-electron chi connectivity index (χ1n) is 4.74. The molecule has 1 rings (SSSR count). The molecule has 0 aliphatic rings. The van der Waals surface area contributed by atoms with Gasteiger partial charge in [0.25, 0.3) is 0 Å². The van der Waals surface area contributed by atoms with Crippen LogP contribution in [-0.2, 0) is 22.7 Å². The van der Waals surface area contributed by atoms with Crippen molar-refractivity contribution in [2.24, 2.45) is 0 Å². The lowest BCUT2D eigenvalue weighted by Gasteiger charge is -2.09. The van der Waals surface area contributed by atoms with Crippen molar-refractivity contribution in [3.63, 3.8) is 0 Å². The van der Waals surface area contributed by atoms with Crippen LogP contribution in [0.15, 0.2) is 4.47 Å². The fourth-order valence-corrected chi connectivity index (χ4v) is 1.67. The molecular weight excluding hydrogens is 337 g/mol. The zero-order valence-electron chi connectivity index (χ0n) is 9.31. The molecule has 0 unspecified atom stereocenters. The normalized spacial score (nSPS) is 11.8. The van der Waals surface area contributed by atoms with E-state index in [1.807, 2.05) is 0 Å². The molecule has 0 aliphatic carbocycles. The minimum atomic E-state index is -4.36. The topological polar surface area (TPSA) is 47.1 Å². The van der Waals surface area contributed by atoms with Crippen molar-refractivity contribution in [2.45, 2.75) is 19.4 Å². The summed E-state index contributed by atoms with van der Waals surface area (Å²) >= 11 is 8.17. The Bertz CT molecular complexity index is 464. The van der Waals surface area contributed by atoms with Crippen LogP contribution in [0.25, 0.3) is 0 Å². The van der Waals surface area contributed by atoms with Gasteiger partial charge in [0, 0.05) is 7.11 Å². The maximum atomic E-state index is 11.9. The zero-order valence-corrected chi connectivity index (χ0v) is 11.7. The van der Waals surface area contributed by atoms with E-state index < -0.39 is 12.8 Å². The number of rotatable bonds is 5. The van der Waals surface area contributed by atoms with E-state index in [0.29, 0.717) is 10.2 Å². The monoisotopic (exact) mass is 346 g/mol. The van der Waals surface area contributed by atoms with Crippen LogP contribution in [-0.4, -0.2) is 29.9 Å². The Morgan fingerprint density at radius 3 is 2.61 bits per heavy atom. The van der Waals surface area contributed by atoms with Crippen molar-refractivity contribution in [1.82, 2.24) is 9.97 Å². The average Bonchev–Trinajstić information content (AvgIpc) is 2.23. The largest absolute Gasteiger partial charge is 0.411 e. The molecule has 0 aliphatic heterocycles. The molecule has 0 fully saturated rings. The molecule has 9 heteroatoms. The van der Waals surface area contributed by atoms with Gasteiger partial charge in [0.15, 0.2) is 0 Å². The van der Waals surface area contributed by atoms with Crippen LogP contribution in [0.4, 0.5) is 13.2 Å². The van der Waals surface area contributed by atoms with Crippen molar-refractivity contribution in [1.29, 1.82) is 0 Å². The molecule has 0 radical (unpaired) electrons. The van der Waals surface area contributed by atoms with Crippen molar-refractivity contribution in [2.75, 3.05) is 13.7 Å². The average molecular weight is 347 g/mol. The highest BCUT2D eigenvalue weighted by molar-refractivity contribution is 9.10. The second-order valence-electron chi connectivity index (χ2n) is 3.32. The van der Waals surface area contributed by atoms with Gasteiger partial charge in [-0.1, -0.05) is 12.2 Å². The molecule has 1 aromatic heterocycles. The Balaban J connectivity index is 2.75. The number of nitrogens with one attached hydrogen (secondary N) is 1. The number of ether oxygens (including phenoxy) is 2. The summed E-state index contributed by atoms with van der Waals surface area (Å²) < 4.78 is 45.9. The summed E-state index contributed by atoms with van der Waals surface area (Å²) in [6.07, 6.45) is -4.36. The van der Waals surface area contributed by atoms with Crippen LogP contribution in [0, 0.1) is 4.64 Å². The van der Waals surface area contributed by atoms with Crippen molar-refractivity contribution in [3.8, 4) is 0 Å². The van der Waals surface area contributed by atoms with E-state index in [2.05, 4.69) is 30.6 Å². The molecule has 0 atom stereocenters. The zero-order chi connectivity index (χ0) is 13.8. The standard InChI is InChI=1S/C9H10BrF3N2O2S/c1-16-2-5-7(10)8(18)15-6(14-5)3-17-4-9(11,12)13/h2-4H2,1H3,(H,14,15,18). The highest BCUT2D eigenvalue weighted by Gasteiger charge is 2.27. The molecule has 102 valence electrons. The van der Waals surface area contributed by atoms with Gasteiger partial charge in [0.05, 0.1) is 16.8 Å². The molecule has 1 heterocycles. The molecule has 18 heavy (non-hydrogen) atoms. The number of aromatic nitrogens is 2. The lowest BCUT2D eigenvalue weighted by molar-refractivity contribution is -0.177.